The molecule has 0 saturated carbocycles. The lowest BCUT2D eigenvalue weighted by molar-refractivity contribution is -0.137. The standard InChI is InChI=1S/C15H20O3/c1-4-5-8-18-15(17)7-6-13-9-11(2)12(3)10-14(13)16/h6-7,9-10,16H,4-5,8H2,1-3H3/b7-6+. The molecule has 0 fully saturated rings. The molecule has 3 nitrogen and oxygen atoms in total. The third kappa shape index (κ3) is 4.24. The highest BCUT2D eigenvalue weighted by Gasteiger charge is 2.02. The van der Waals surface area contributed by atoms with Crippen LogP contribution in [0.2, 0.25) is 0 Å². The number of aromatic hydroxyl groups is 1. The van der Waals surface area contributed by atoms with Crippen molar-refractivity contribution in [2.75, 3.05) is 6.61 Å². The summed E-state index contributed by atoms with van der Waals surface area (Å²) >= 11 is 0. The second-order valence-electron chi connectivity index (χ2n) is 4.35. The predicted octanol–water partition coefficient (Wildman–Crippen LogP) is 3.37. The zero-order chi connectivity index (χ0) is 13.5. The summed E-state index contributed by atoms with van der Waals surface area (Å²) in [5.41, 5.74) is 2.73. The fraction of sp³-hybridized carbons (Fsp3) is 0.400. The molecule has 1 aromatic carbocycles. The van der Waals surface area contributed by atoms with E-state index in [2.05, 4.69) is 0 Å². The van der Waals surface area contributed by atoms with Gasteiger partial charge in [-0.1, -0.05) is 13.3 Å². The Morgan fingerprint density at radius 3 is 2.67 bits per heavy atom. The summed E-state index contributed by atoms with van der Waals surface area (Å²) in [6.07, 6.45) is 4.79. The first-order chi connectivity index (χ1) is 8.54. The van der Waals surface area contributed by atoms with Gasteiger partial charge in [-0.3, -0.25) is 0 Å². The van der Waals surface area contributed by atoms with E-state index >= 15 is 0 Å². The normalized spacial score (nSPS) is 10.8. The van der Waals surface area contributed by atoms with E-state index in [1.54, 1.807) is 12.1 Å². The summed E-state index contributed by atoms with van der Waals surface area (Å²) in [5.74, 6) is -0.197. The molecule has 1 aromatic rings. The van der Waals surface area contributed by atoms with E-state index in [0.717, 1.165) is 24.0 Å². The Balaban J connectivity index is 2.66. The molecule has 18 heavy (non-hydrogen) atoms. The summed E-state index contributed by atoms with van der Waals surface area (Å²) in [6, 6.07) is 3.54. The maximum atomic E-state index is 11.4. The van der Waals surface area contributed by atoms with Gasteiger partial charge in [0.1, 0.15) is 5.75 Å². The van der Waals surface area contributed by atoms with Crippen LogP contribution in [0.15, 0.2) is 18.2 Å². The average molecular weight is 248 g/mol. The van der Waals surface area contributed by atoms with Gasteiger partial charge in [0.25, 0.3) is 0 Å². The van der Waals surface area contributed by atoms with E-state index < -0.39 is 0 Å². The zero-order valence-electron chi connectivity index (χ0n) is 11.2. The Morgan fingerprint density at radius 1 is 1.33 bits per heavy atom. The van der Waals surface area contributed by atoms with Crippen molar-refractivity contribution in [3.05, 3.63) is 34.9 Å². The molecule has 98 valence electrons. The molecule has 0 atom stereocenters. The Bertz CT molecular complexity index is 447. The van der Waals surface area contributed by atoms with E-state index in [1.165, 1.54) is 6.08 Å². The van der Waals surface area contributed by atoms with Gasteiger partial charge in [0, 0.05) is 11.6 Å². The molecule has 0 saturated heterocycles. The number of aryl methyl sites for hydroxylation is 2. The smallest absolute Gasteiger partial charge is 0.330 e. The lowest BCUT2D eigenvalue weighted by Gasteiger charge is -2.04. The highest BCUT2D eigenvalue weighted by atomic mass is 16.5. The molecule has 0 aliphatic rings. The molecular weight excluding hydrogens is 228 g/mol. The molecule has 0 aromatic heterocycles. The van der Waals surface area contributed by atoms with Gasteiger partial charge in [0.05, 0.1) is 6.61 Å². The van der Waals surface area contributed by atoms with Crippen LogP contribution in [0.1, 0.15) is 36.5 Å². The maximum Gasteiger partial charge on any atom is 0.330 e. The van der Waals surface area contributed by atoms with Crippen molar-refractivity contribution >= 4 is 12.0 Å². The molecular formula is C15H20O3. The fourth-order valence-electron chi connectivity index (χ4n) is 1.48. The Hall–Kier alpha value is -1.77. The number of phenols is 1. The zero-order valence-corrected chi connectivity index (χ0v) is 11.2. The highest BCUT2D eigenvalue weighted by molar-refractivity contribution is 5.87. The quantitative estimate of drug-likeness (QED) is 0.493. The van der Waals surface area contributed by atoms with Crippen LogP contribution in [0.3, 0.4) is 0 Å². The highest BCUT2D eigenvalue weighted by Crippen LogP contribution is 2.22. The molecule has 0 amide bonds. The predicted molar refractivity (Wildman–Crippen MR) is 72.5 cm³/mol. The number of phenolic OH excluding ortho intramolecular Hbond substituents is 1. The van der Waals surface area contributed by atoms with Crippen LogP contribution in [-0.2, 0) is 9.53 Å². The molecule has 3 heteroatoms. The number of unbranched alkanes of at least 4 members (excludes halogenated alkanes) is 1. The first-order valence-corrected chi connectivity index (χ1v) is 6.19. The van der Waals surface area contributed by atoms with Crippen LogP contribution < -0.4 is 0 Å². The topological polar surface area (TPSA) is 46.5 Å². The SMILES string of the molecule is CCCCOC(=O)/C=C/c1cc(C)c(C)cc1O. The van der Waals surface area contributed by atoms with E-state index in [9.17, 15) is 9.90 Å². The maximum absolute atomic E-state index is 11.4. The summed E-state index contributed by atoms with van der Waals surface area (Å²) < 4.78 is 4.99. The molecule has 0 heterocycles. The first kappa shape index (κ1) is 14.3. The molecule has 1 N–H and O–H groups in total. The number of hydrogen-bond donors (Lipinski definition) is 1. The van der Waals surface area contributed by atoms with Crippen molar-refractivity contribution < 1.29 is 14.6 Å². The molecule has 0 unspecified atom stereocenters. The van der Waals surface area contributed by atoms with Crippen molar-refractivity contribution in [3.8, 4) is 5.75 Å². The Morgan fingerprint density at radius 2 is 2.00 bits per heavy atom. The lowest BCUT2D eigenvalue weighted by atomic mass is 10.0. The minimum Gasteiger partial charge on any atom is -0.507 e. The minimum absolute atomic E-state index is 0.177. The lowest BCUT2D eigenvalue weighted by Crippen LogP contribution is -2.01. The van der Waals surface area contributed by atoms with E-state index in [0.29, 0.717) is 12.2 Å². The third-order valence-electron chi connectivity index (χ3n) is 2.78. The number of carbonyl (C=O) groups is 1. The third-order valence-corrected chi connectivity index (χ3v) is 2.78. The van der Waals surface area contributed by atoms with Crippen LogP contribution in [0.4, 0.5) is 0 Å². The van der Waals surface area contributed by atoms with Crippen LogP contribution in [0, 0.1) is 13.8 Å². The van der Waals surface area contributed by atoms with Crippen molar-refractivity contribution in [1.82, 2.24) is 0 Å². The van der Waals surface area contributed by atoms with Gasteiger partial charge in [0.2, 0.25) is 0 Å². The van der Waals surface area contributed by atoms with E-state index in [4.69, 9.17) is 4.74 Å². The molecule has 0 bridgehead atoms. The van der Waals surface area contributed by atoms with Gasteiger partial charge in [0.15, 0.2) is 0 Å². The van der Waals surface area contributed by atoms with Crippen molar-refractivity contribution in [3.63, 3.8) is 0 Å². The van der Waals surface area contributed by atoms with Crippen LogP contribution in [0.25, 0.3) is 6.08 Å². The van der Waals surface area contributed by atoms with E-state index in [-0.39, 0.29) is 11.7 Å². The van der Waals surface area contributed by atoms with Gasteiger partial charge in [-0.25, -0.2) is 4.79 Å². The van der Waals surface area contributed by atoms with Gasteiger partial charge >= 0.3 is 5.97 Å². The van der Waals surface area contributed by atoms with Crippen LogP contribution in [0.5, 0.6) is 5.75 Å². The molecule has 0 aliphatic heterocycles. The summed E-state index contributed by atoms with van der Waals surface area (Å²) in [6.45, 7) is 6.38. The van der Waals surface area contributed by atoms with Crippen molar-refractivity contribution in [1.29, 1.82) is 0 Å². The summed E-state index contributed by atoms with van der Waals surface area (Å²) in [7, 11) is 0. The Kier molecular flexibility index (Phi) is 5.43. The second kappa shape index (κ2) is 6.84. The number of ether oxygens (including phenoxy) is 1. The largest absolute Gasteiger partial charge is 0.507 e. The first-order valence-electron chi connectivity index (χ1n) is 6.19. The van der Waals surface area contributed by atoms with E-state index in [1.807, 2.05) is 26.8 Å². The van der Waals surface area contributed by atoms with Gasteiger partial charge in [-0.05, 0) is 49.6 Å². The van der Waals surface area contributed by atoms with Crippen molar-refractivity contribution in [2.45, 2.75) is 33.6 Å². The monoisotopic (exact) mass is 248 g/mol. The van der Waals surface area contributed by atoms with Gasteiger partial charge < -0.3 is 9.84 Å². The molecule has 0 spiro atoms. The van der Waals surface area contributed by atoms with Gasteiger partial charge in [-0.15, -0.1) is 0 Å². The minimum atomic E-state index is -0.374. The second-order valence-corrected chi connectivity index (χ2v) is 4.35. The number of esters is 1. The van der Waals surface area contributed by atoms with Crippen molar-refractivity contribution in [2.24, 2.45) is 0 Å². The number of rotatable bonds is 5. The fourth-order valence-corrected chi connectivity index (χ4v) is 1.48. The number of benzene rings is 1. The number of hydrogen-bond acceptors (Lipinski definition) is 3. The summed E-state index contributed by atoms with van der Waals surface area (Å²) in [4.78, 5) is 11.4. The molecule has 0 aliphatic carbocycles. The van der Waals surface area contributed by atoms with Crippen LogP contribution >= 0.6 is 0 Å². The van der Waals surface area contributed by atoms with Crippen LogP contribution in [-0.4, -0.2) is 17.7 Å². The molecule has 0 radical (unpaired) electrons. The summed E-state index contributed by atoms with van der Waals surface area (Å²) in [5, 5.41) is 9.74. The number of carbonyl (C=O) groups excluding carboxylic acids is 1. The Labute approximate surface area is 108 Å². The van der Waals surface area contributed by atoms with Gasteiger partial charge in [-0.2, -0.15) is 0 Å². The average Bonchev–Trinajstić information content (AvgIpc) is 2.32. The molecule has 1 rings (SSSR count).